The molecule has 0 radical (unpaired) electrons. The van der Waals surface area contributed by atoms with Gasteiger partial charge in [-0.05, 0) is 55.8 Å². The fourth-order valence-electron chi connectivity index (χ4n) is 6.67. The molecule has 2 aliphatic rings. The van der Waals surface area contributed by atoms with Gasteiger partial charge >= 0.3 is 0 Å². The molecule has 4 heterocycles. The van der Waals surface area contributed by atoms with Crippen LogP contribution >= 0.6 is 11.3 Å². The highest BCUT2D eigenvalue weighted by Crippen LogP contribution is 2.32. The van der Waals surface area contributed by atoms with Crippen molar-refractivity contribution in [2.24, 2.45) is 0 Å². The van der Waals surface area contributed by atoms with Gasteiger partial charge in [0, 0.05) is 37.9 Å². The molecular formula is C35H52N4O2S. The molecule has 2 fully saturated rings. The molecule has 7 heteroatoms. The maximum absolute atomic E-state index is 6.08. The Labute approximate surface area is 257 Å². The van der Waals surface area contributed by atoms with Crippen LogP contribution in [0.4, 0.5) is 0 Å². The Kier molecular flexibility index (Phi) is 12.8. The molecule has 6 nitrogen and oxygen atoms in total. The Morgan fingerprint density at radius 2 is 1.33 bits per heavy atom. The Morgan fingerprint density at radius 1 is 0.738 bits per heavy atom. The standard InChI is InChI=1S/C35H52N4O2S/c1-2-3-4-5-6-7-8-9-10-11-12-13-14-15-23-38-27-30-26-29(38)28-39(30)24-25-40-31-18-20-32(21-19-31)41-35-37-34-33(42-35)17-16-22-36-34/h16-22,29-30H,2-15,23-28H2,1H3/t29-,30-/m1/s1. The number of aromatic nitrogens is 2. The highest BCUT2D eigenvalue weighted by molar-refractivity contribution is 7.20. The number of piperazine rings is 1. The molecule has 3 aromatic rings. The predicted octanol–water partition coefficient (Wildman–Crippen LogP) is 9.10. The van der Waals surface area contributed by atoms with Crippen LogP contribution in [0, 0.1) is 0 Å². The molecule has 5 rings (SSSR count). The summed E-state index contributed by atoms with van der Waals surface area (Å²) in [7, 11) is 0. The van der Waals surface area contributed by atoms with Crippen LogP contribution in [0.25, 0.3) is 10.3 Å². The zero-order valence-electron chi connectivity index (χ0n) is 25.9. The van der Waals surface area contributed by atoms with Crippen molar-refractivity contribution >= 4 is 21.7 Å². The van der Waals surface area contributed by atoms with Gasteiger partial charge in [-0.2, -0.15) is 4.98 Å². The summed E-state index contributed by atoms with van der Waals surface area (Å²) in [4.78, 5) is 14.1. The summed E-state index contributed by atoms with van der Waals surface area (Å²) in [6, 6.07) is 13.2. The maximum Gasteiger partial charge on any atom is 0.281 e. The van der Waals surface area contributed by atoms with E-state index in [4.69, 9.17) is 9.47 Å². The van der Waals surface area contributed by atoms with Gasteiger partial charge in [-0.1, -0.05) is 102 Å². The largest absolute Gasteiger partial charge is 0.492 e. The van der Waals surface area contributed by atoms with E-state index in [0.717, 1.165) is 41.0 Å². The minimum atomic E-state index is 0.611. The number of fused-ring (bicyclic) bond motifs is 3. The summed E-state index contributed by atoms with van der Waals surface area (Å²) in [5.74, 6) is 1.65. The molecule has 2 aliphatic heterocycles. The number of pyridine rings is 1. The van der Waals surface area contributed by atoms with Crippen molar-refractivity contribution in [1.29, 1.82) is 0 Å². The minimum Gasteiger partial charge on any atom is -0.492 e. The summed E-state index contributed by atoms with van der Waals surface area (Å²) in [5, 5.41) is 0.611. The highest BCUT2D eigenvalue weighted by Gasteiger charge is 2.42. The molecule has 42 heavy (non-hydrogen) atoms. The average molecular weight is 593 g/mol. The van der Waals surface area contributed by atoms with E-state index in [9.17, 15) is 0 Å². The number of benzene rings is 1. The first kappa shape index (κ1) is 31.2. The molecule has 0 saturated carbocycles. The van der Waals surface area contributed by atoms with Gasteiger partial charge in [-0.15, -0.1) is 0 Å². The highest BCUT2D eigenvalue weighted by atomic mass is 32.1. The fourth-order valence-corrected chi connectivity index (χ4v) is 7.46. The van der Waals surface area contributed by atoms with Crippen molar-refractivity contribution in [2.45, 2.75) is 115 Å². The number of unbranched alkanes of at least 4 members (excludes halogenated alkanes) is 13. The summed E-state index contributed by atoms with van der Waals surface area (Å²) < 4.78 is 13.0. The Balaban J connectivity index is 0.867. The van der Waals surface area contributed by atoms with Gasteiger partial charge in [0.15, 0.2) is 5.65 Å². The smallest absolute Gasteiger partial charge is 0.281 e. The molecule has 1 aromatic carbocycles. The summed E-state index contributed by atoms with van der Waals surface area (Å²) >= 11 is 1.51. The van der Waals surface area contributed by atoms with Crippen molar-refractivity contribution < 1.29 is 9.47 Å². The monoisotopic (exact) mass is 592 g/mol. The third kappa shape index (κ3) is 9.65. The lowest BCUT2D eigenvalue weighted by Crippen LogP contribution is -2.47. The number of rotatable bonds is 21. The van der Waals surface area contributed by atoms with E-state index in [0.29, 0.717) is 11.2 Å². The minimum absolute atomic E-state index is 0.611. The number of likely N-dealkylation sites (tertiary alicyclic amines) is 2. The molecule has 230 valence electrons. The lowest BCUT2D eigenvalue weighted by Gasteiger charge is -2.34. The molecule has 0 N–H and O–H groups in total. The van der Waals surface area contributed by atoms with Gasteiger partial charge in [0.05, 0.1) is 4.70 Å². The van der Waals surface area contributed by atoms with Crippen molar-refractivity contribution in [3.05, 3.63) is 42.6 Å². The van der Waals surface area contributed by atoms with E-state index in [1.807, 2.05) is 36.4 Å². The van der Waals surface area contributed by atoms with Crippen LogP contribution in [-0.4, -0.2) is 64.6 Å². The molecule has 2 aromatic heterocycles. The zero-order valence-corrected chi connectivity index (χ0v) is 26.7. The van der Waals surface area contributed by atoms with Crippen LogP contribution in [-0.2, 0) is 0 Å². The van der Waals surface area contributed by atoms with Crippen molar-refractivity contribution in [3.63, 3.8) is 0 Å². The summed E-state index contributed by atoms with van der Waals surface area (Å²) in [5.41, 5.74) is 0.728. The molecule has 2 saturated heterocycles. The van der Waals surface area contributed by atoms with Crippen LogP contribution in [0.2, 0.25) is 0 Å². The van der Waals surface area contributed by atoms with E-state index in [-0.39, 0.29) is 0 Å². The number of thiazole rings is 1. The van der Waals surface area contributed by atoms with E-state index in [1.54, 1.807) is 6.20 Å². The molecule has 2 bridgehead atoms. The van der Waals surface area contributed by atoms with Crippen LogP contribution in [0.15, 0.2) is 42.6 Å². The Hall–Kier alpha value is -2.22. The van der Waals surface area contributed by atoms with E-state index >= 15 is 0 Å². The Morgan fingerprint density at radius 3 is 1.95 bits per heavy atom. The first-order valence-corrected chi connectivity index (χ1v) is 17.7. The first-order chi connectivity index (χ1) is 20.8. The number of hydrogen-bond acceptors (Lipinski definition) is 7. The Bertz CT molecular complexity index is 1140. The lowest BCUT2D eigenvalue weighted by atomic mass is 10.0. The topological polar surface area (TPSA) is 50.7 Å². The van der Waals surface area contributed by atoms with E-state index in [1.165, 1.54) is 127 Å². The van der Waals surface area contributed by atoms with Crippen LogP contribution < -0.4 is 9.47 Å². The molecule has 0 amide bonds. The predicted molar refractivity (Wildman–Crippen MR) is 175 cm³/mol. The summed E-state index contributed by atoms with van der Waals surface area (Å²) in [6.45, 7) is 7.78. The second-order valence-corrected chi connectivity index (χ2v) is 13.3. The van der Waals surface area contributed by atoms with E-state index in [2.05, 4.69) is 26.7 Å². The first-order valence-electron chi connectivity index (χ1n) is 16.9. The van der Waals surface area contributed by atoms with Gasteiger partial charge in [0.2, 0.25) is 0 Å². The van der Waals surface area contributed by atoms with Crippen molar-refractivity contribution in [2.75, 3.05) is 32.8 Å². The fraction of sp³-hybridized carbons (Fsp3) is 0.657. The molecule has 0 aliphatic carbocycles. The number of hydrogen-bond donors (Lipinski definition) is 0. The number of ether oxygens (including phenoxy) is 2. The normalized spacial score (nSPS) is 18.8. The van der Waals surface area contributed by atoms with Gasteiger partial charge < -0.3 is 9.47 Å². The summed E-state index contributed by atoms with van der Waals surface area (Å²) in [6.07, 6.45) is 23.1. The second kappa shape index (κ2) is 17.2. The third-order valence-corrected chi connectivity index (χ3v) is 9.98. The quantitative estimate of drug-likeness (QED) is 0.115. The van der Waals surface area contributed by atoms with Crippen LogP contribution in [0.5, 0.6) is 16.7 Å². The second-order valence-electron chi connectivity index (χ2n) is 12.4. The molecule has 0 spiro atoms. The maximum atomic E-state index is 6.08. The third-order valence-electron chi connectivity index (χ3n) is 9.09. The molecular weight excluding hydrogens is 540 g/mol. The lowest BCUT2D eigenvalue weighted by molar-refractivity contribution is 0.112. The van der Waals surface area contributed by atoms with Crippen LogP contribution in [0.1, 0.15) is 103 Å². The van der Waals surface area contributed by atoms with Crippen molar-refractivity contribution in [3.8, 4) is 16.7 Å². The van der Waals surface area contributed by atoms with Gasteiger partial charge in [0.25, 0.3) is 5.19 Å². The molecule has 2 atom stereocenters. The average Bonchev–Trinajstić information content (AvgIpc) is 3.72. The number of nitrogens with zero attached hydrogens (tertiary/aromatic N) is 4. The molecule has 0 unspecified atom stereocenters. The van der Waals surface area contributed by atoms with Gasteiger partial charge in [-0.25, -0.2) is 4.98 Å². The van der Waals surface area contributed by atoms with Gasteiger partial charge in [-0.3, -0.25) is 9.80 Å². The van der Waals surface area contributed by atoms with Crippen LogP contribution in [0.3, 0.4) is 0 Å². The van der Waals surface area contributed by atoms with Gasteiger partial charge in [0.1, 0.15) is 18.1 Å². The van der Waals surface area contributed by atoms with E-state index < -0.39 is 0 Å². The SMILES string of the molecule is CCCCCCCCCCCCCCCCN1C[C@H]2C[C@@H]1CN2CCOc1ccc(Oc2nc3ncccc3s2)cc1. The van der Waals surface area contributed by atoms with Crippen molar-refractivity contribution in [1.82, 2.24) is 19.8 Å². The zero-order chi connectivity index (χ0) is 28.8.